The van der Waals surface area contributed by atoms with Crippen molar-refractivity contribution in [3.8, 4) is 21.6 Å². The first kappa shape index (κ1) is 32.1. The standard InChI is InChI=1S/C24H31S.C12H13F2N.Ti/c1-14-15(2)21-20(13-25-22(21)16(14)3)17-10-18(23(4,5)6)12-19(11-17)24(7,8)9;13-11-5-4-6-12(14)10(11)9-15-7-2-1-3-8-15;/h10-13H,1-9H3;4-6H,1-3,7-8H2;/q-1;;+1. The molecule has 0 atom stereocenters. The summed E-state index contributed by atoms with van der Waals surface area (Å²) in [7, 11) is 0. The summed E-state index contributed by atoms with van der Waals surface area (Å²) in [6, 6.07) is 11.2. The molecule has 0 N–H and O–H groups in total. The summed E-state index contributed by atoms with van der Waals surface area (Å²) in [5.74, 6) is -0.939. The summed E-state index contributed by atoms with van der Waals surface area (Å²) in [5, 5.41) is 2.36. The average molecular weight is 609 g/mol. The van der Waals surface area contributed by atoms with Gasteiger partial charge in [0.15, 0.2) is 0 Å². The molecule has 217 valence electrons. The Morgan fingerprint density at radius 2 is 1.34 bits per heavy atom. The molecule has 5 heteroatoms. The van der Waals surface area contributed by atoms with Crippen LogP contribution in [0.3, 0.4) is 0 Å². The fourth-order valence-corrected chi connectivity index (χ4v) is 7.43. The van der Waals surface area contributed by atoms with Crippen molar-refractivity contribution in [3.05, 3.63) is 86.8 Å². The van der Waals surface area contributed by atoms with Crippen LogP contribution >= 0.6 is 11.3 Å². The molecular weight excluding hydrogens is 564 g/mol. The van der Waals surface area contributed by atoms with Gasteiger partial charge in [-0.1, -0.05) is 103 Å². The molecule has 0 bridgehead atoms. The number of hydrogen-bond acceptors (Lipinski definition) is 2. The number of fused-ring (bicyclic) bond motifs is 1. The van der Waals surface area contributed by atoms with Crippen molar-refractivity contribution in [1.82, 2.24) is 4.90 Å². The minimum absolute atomic E-state index is 0.129. The van der Waals surface area contributed by atoms with Gasteiger partial charge in [-0.05, 0) is 31.6 Å². The topological polar surface area (TPSA) is 3.24 Å². The van der Waals surface area contributed by atoms with E-state index in [0.717, 1.165) is 29.9 Å². The molecule has 0 aromatic heterocycles. The van der Waals surface area contributed by atoms with Crippen LogP contribution in [0.5, 0.6) is 0 Å². The minimum atomic E-state index is -0.469. The van der Waals surface area contributed by atoms with Crippen LogP contribution in [0.1, 0.15) is 94.2 Å². The SMILES string of the molecule is Cc1c2s[cH-]c(-c3cc(C(C)(C)C)cc(C(C)(C)C)c3)c-2c(C)c1C.Fc1cccc(F)c1[C](=[Ti+])N1CCCCC1. The summed E-state index contributed by atoms with van der Waals surface area (Å²) >= 11 is 3.70. The van der Waals surface area contributed by atoms with E-state index >= 15 is 0 Å². The third-order valence-corrected chi connectivity index (χ3v) is 10.5. The van der Waals surface area contributed by atoms with Crippen LogP contribution in [-0.4, -0.2) is 21.9 Å². The summed E-state index contributed by atoms with van der Waals surface area (Å²) in [5.41, 5.74) is 11.9. The van der Waals surface area contributed by atoms with Gasteiger partial charge in [-0.3, -0.25) is 11.3 Å². The molecule has 3 aliphatic rings. The van der Waals surface area contributed by atoms with Crippen LogP contribution in [0.25, 0.3) is 21.6 Å². The molecule has 2 aromatic carbocycles. The van der Waals surface area contributed by atoms with Gasteiger partial charge in [0, 0.05) is 0 Å². The zero-order chi connectivity index (χ0) is 30.3. The number of rotatable bonds is 3. The Morgan fingerprint density at radius 1 is 0.805 bits per heavy atom. The van der Waals surface area contributed by atoms with Crippen molar-refractivity contribution >= 4 is 15.3 Å². The van der Waals surface area contributed by atoms with E-state index in [0.29, 0.717) is 0 Å². The van der Waals surface area contributed by atoms with Crippen molar-refractivity contribution in [3.63, 3.8) is 0 Å². The number of hydrogen-bond donors (Lipinski definition) is 0. The van der Waals surface area contributed by atoms with Gasteiger partial charge >= 0.3 is 105 Å². The zero-order valence-corrected chi connectivity index (χ0v) is 28.6. The Bertz CT molecular complexity index is 1450. The van der Waals surface area contributed by atoms with E-state index in [9.17, 15) is 8.78 Å². The molecule has 2 aliphatic heterocycles. The van der Waals surface area contributed by atoms with Crippen molar-refractivity contribution in [1.29, 1.82) is 0 Å². The molecule has 0 saturated carbocycles. The van der Waals surface area contributed by atoms with Gasteiger partial charge in [-0.25, -0.2) is 0 Å². The summed E-state index contributed by atoms with van der Waals surface area (Å²) in [6.07, 6.45) is 3.42. The van der Waals surface area contributed by atoms with E-state index in [2.05, 4.69) is 90.8 Å². The molecular formula is C36H44F2NSTi. The normalized spacial score (nSPS) is 14.8. The summed E-state index contributed by atoms with van der Waals surface area (Å²) in [6.45, 7) is 22.5. The predicted octanol–water partition coefficient (Wildman–Crippen LogP) is 10.2. The van der Waals surface area contributed by atoms with Gasteiger partial charge in [0.2, 0.25) is 0 Å². The number of piperidine rings is 1. The molecule has 1 nitrogen and oxygen atoms in total. The van der Waals surface area contributed by atoms with E-state index in [1.54, 1.807) is 20.0 Å². The second kappa shape index (κ2) is 12.4. The van der Waals surface area contributed by atoms with Crippen molar-refractivity contribution in [2.75, 3.05) is 13.1 Å². The summed E-state index contributed by atoms with van der Waals surface area (Å²) < 4.78 is 27.9. The van der Waals surface area contributed by atoms with Gasteiger partial charge in [-0.2, -0.15) is 0 Å². The Morgan fingerprint density at radius 3 is 1.85 bits per heavy atom. The molecule has 0 radical (unpaired) electrons. The van der Waals surface area contributed by atoms with Crippen LogP contribution in [0.4, 0.5) is 8.78 Å². The van der Waals surface area contributed by atoms with Crippen molar-refractivity contribution in [2.24, 2.45) is 0 Å². The molecule has 1 aliphatic carbocycles. The zero-order valence-electron chi connectivity index (χ0n) is 26.2. The Balaban J connectivity index is 0.000000208. The van der Waals surface area contributed by atoms with Crippen LogP contribution < -0.4 is 0 Å². The quantitative estimate of drug-likeness (QED) is 0.165. The number of nitrogens with zero attached hydrogens (tertiary/aromatic N) is 1. The second-order valence-corrected chi connectivity index (χ2v) is 15.1. The number of benzene rings is 2. The second-order valence-electron chi connectivity index (χ2n) is 13.5. The van der Waals surface area contributed by atoms with Gasteiger partial charge in [0.25, 0.3) is 0 Å². The molecule has 5 rings (SSSR count). The fourth-order valence-electron chi connectivity index (χ4n) is 5.51. The Labute approximate surface area is 261 Å². The van der Waals surface area contributed by atoms with Crippen LogP contribution in [0.15, 0.2) is 41.8 Å². The van der Waals surface area contributed by atoms with Gasteiger partial charge < -0.3 is 0 Å². The van der Waals surface area contributed by atoms with Gasteiger partial charge in [0.1, 0.15) is 0 Å². The monoisotopic (exact) mass is 608 g/mol. The first-order chi connectivity index (χ1) is 19.1. The third-order valence-electron chi connectivity index (χ3n) is 8.48. The molecule has 1 saturated heterocycles. The maximum absolute atomic E-state index is 13.6. The van der Waals surface area contributed by atoms with E-state index in [4.69, 9.17) is 0 Å². The molecule has 2 aromatic rings. The molecule has 41 heavy (non-hydrogen) atoms. The first-order valence-electron chi connectivity index (χ1n) is 14.7. The van der Waals surface area contributed by atoms with Crippen molar-refractivity contribution < 1.29 is 28.8 Å². The molecule has 0 unspecified atom stereocenters. The Hall–Kier alpha value is -1.85. The number of halogens is 2. The third kappa shape index (κ3) is 6.88. The molecule has 0 spiro atoms. The van der Waals surface area contributed by atoms with E-state index in [1.165, 1.54) is 74.0 Å². The van der Waals surface area contributed by atoms with E-state index in [-0.39, 0.29) is 16.4 Å². The van der Waals surface area contributed by atoms with Crippen LogP contribution in [-0.2, 0) is 30.8 Å². The van der Waals surface area contributed by atoms with Gasteiger partial charge in [-0.15, -0.1) is 11.1 Å². The molecule has 2 heterocycles. The Kier molecular flexibility index (Phi) is 9.71. The number of thiophene rings is 1. The van der Waals surface area contributed by atoms with Crippen molar-refractivity contribution in [2.45, 2.75) is 92.4 Å². The maximum atomic E-state index is 13.6. The van der Waals surface area contributed by atoms with Crippen LogP contribution in [0.2, 0.25) is 0 Å². The molecule has 1 fully saturated rings. The predicted molar refractivity (Wildman–Crippen MR) is 169 cm³/mol. The van der Waals surface area contributed by atoms with Gasteiger partial charge in [0.05, 0.1) is 0 Å². The van der Waals surface area contributed by atoms with E-state index in [1.807, 2.05) is 11.3 Å². The fraction of sp³-hybridized carbons (Fsp3) is 0.444. The molecule has 0 amide bonds. The summed E-state index contributed by atoms with van der Waals surface area (Å²) in [4.78, 5) is 3.54. The first-order valence-corrected chi connectivity index (χ1v) is 16.3. The number of likely N-dealkylation sites (tertiary alicyclic amines) is 1. The van der Waals surface area contributed by atoms with E-state index < -0.39 is 11.6 Å². The average Bonchev–Trinajstić information content (AvgIpc) is 3.44. The van der Waals surface area contributed by atoms with Crippen LogP contribution in [0, 0.1) is 32.4 Å².